The number of halogens is 2. The zero-order valence-corrected chi connectivity index (χ0v) is 16.0. The second kappa shape index (κ2) is 7.20. The van der Waals surface area contributed by atoms with Gasteiger partial charge in [-0.2, -0.15) is 5.10 Å². The van der Waals surface area contributed by atoms with Gasteiger partial charge in [-0.1, -0.05) is 18.2 Å². The van der Waals surface area contributed by atoms with Crippen molar-refractivity contribution < 1.29 is 9.18 Å². The Kier molecular flexibility index (Phi) is 4.73. The number of aromatic nitrogens is 3. The Balaban J connectivity index is 1.94. The quantitative estimate of drug-likeness (QED) is 0.619. The fraction of sp³-hybridized carbons (Fsp3) is 0.190. The first-order chi connectivity index (χ1) is 13.5. The Bertz CT molecular complexity index is 1060. The van der Waals surface area contributed by atoms with E-state index in [2.05, 4.69) is 11.6 Å². The molecule has 0 N–H and O–H groups in total. The Morgan fingerprint density at radius 1 is 1.32 bits per heavy atom. The molecular formula is C21H18ClFN4O. The zero-order chi connectivity index (χ0) is 19.8. The molecule has 0 spiro atoms. The van der Waals surface area contributed by atoms with Crippen molar-refractivity contribution in [3.63, 3.8) is 0 Å². The number of carbonyl (C=O) groups excluding carboxylic acids is 1. The lowest BCUT2D eigenvalue weighted by Gasteiger charge is -2.33. The number of carbonyl (C=O) groups is 1. The Morgan fingerprint density at radius 2 is 2.07 bits per heavy atom. The van der Waals surface area contributed by atoms with Gasteiger partial charge in [-0.25, -0.2) is 4.39 Å². The molecule has 0 aliphatic carbocycles. The van der Waals surface area contributed by atoms with Crippen molar-refractivity contribution in [3.8, 4) is 22.4 Å². The van der Waals surface area contributed by atoms with Gasteiger partial charge in [-0.05, 0) is 48.9 Å². The van der Waals surface area contributed by atoms with Gasteiger partial charge in [-0.3, -0.25) is 14.5 Å². The number of pyridine rings is 1. The van der Waals surface area contributed by atoms with E-state index in [1.807, 2.05) is 23.7 Å². The van der Waals surface area contributed by atoms with Crippen LogP contribution in [0.25, 0.3) is 22.4 Å². The summed E-state index contributed by atoms with van der Waals surface area (Å²) in [6.07, 6.45) is 4.67. The monoisotopic (exact) mass is 396 g/mol. The van der Waals surface area contributed by atoms with Crippen molar-refractivity contribution in [2.75, 3.05) is 0 Å². The van der Waals surface area contributed by atoms with E-state index in [9.17, 15) is 9.18 Å². The third kappa shape index (κ3) is 3.10. The second-order valence-electron chi connectivity index (χ2n) is 6.73. The molecule has 28 heavy (non-hydrogen) atoms. The summed E-state index contributed by atoms with van der Waals surface area (Å²) in [5, 5.41) is 5.03. The van der Waals surface area contributed by atoms with Crippen molar-refractivity contribution in [2.45, 2.75) is 26.1 Å². The number of amides is 1. The molecule has 142 valence electrons. The van der Waals surface area contributed by atoms with Gasteiger partial charge < -0.3 is 4.90 Å². The summed E-state index contributed by atoms with van der Waals surface area (Å²) in [4.78, 5) is 18.1. The van der Waals surface area contributed by atoms with Gasteiger partial charge >= 0.3 is 0 Å². The maximum atomic E-state index is 14.7. The first-order valence-electron chi connectivity index (χ1n) is 8.88. The minimum atomic E-state index is -0.440. The molecule has 0 bridgehead atoms. The van der Waals surface area contributed by atoms with Crippen LogP contribution in [0.5, 0.6) is 0 Å². The third-order valence-corrected chi connectivity index (χ3v) is 5.20. The molecule has 0 fully saturated rings. The molecule has 1 aliphatic heterocycles. The Labute approximate surface area is 167 Å². The highest BCUT2D eigenvalue weighted by molar-refractivity contribution is 6.30. The van der Waals surface area contributed by atoms with E-state index in [1.165, 1.54) is 12.1 Å². The number of nitrogens with zero attached hydrogens (tertiary/aromatic N) is 4. The minimum absolute atomic E-state index is 0.0499. The number of rotatable bonds is 3. The fourth-order valence-corrected chi connectivity index (χ4v) is 3.74. The second-order valence-corrected chi connectivity index (χ2v) is 7.17. The molecule has 3 heterocycles. The van der Waals surface area contributed by atoms with Gasteiger partial charge in [0, 0.05) is 34.6 Å². The van der Waals surface area contributed by atoms with Crippen LogP contribution in [0.2, 0.25) is 5.02 Å². The number of hydrogen-bond acceptors (Lipinski definition) is 3. The smallest absolute Gasteiger partial charge is 0.246 e. The largest absolute Gasteiger partial charge is 0.329 e. The van der Waals surface area contributed by atoms with E-state index in [4.69, 9.17) is 16.7 Å². The Hall–Kier alpha value is -2.99. The molecule has 3 aromatic rings. The lowest BCUT2D eigenvalue weighted by atomic mass is 9.98. The van der Waals surface area contributed by atoms with Crippen LogP contribution in [0.3, 0.4) is 0 Å². The summed E-state index contributed by atoms with van der Waals surface area (Å²) in [5.74, 6) is -0.579. The van der Waals surface area contributed by atoms with Crippen LogP contribution in [-0.4, -0.2) is 31.6 Å². The first-order valence-corrected chi connectivity index (χ1v) is 9.26. The van der Waals surface area contributed by atoms with Gasteiger partial charge in [-0.15, -0.1) is 0 Å². The van der Waals surface area contributed by atoms with Gasteiger partial charge in [0.1, 0.15) is 11.5 Å². The van der Waals surface area contributed by atoms with Gasteiger partial charge in [0.2, 0.25) is 5.91 Å². The molecule has 1 atom stereocenters. The van der Waals surface area contributed by atoms with Crippen molar-refractivity contribution in [1.29, 1.82) is 0 Å². The normalized spacial score (nSPS) is 16.0. The molecule has 1 amide bonds. The van der Waals surface area contributed by atoms with E-state index in [0.29, 0.717) is 29.4 Å². The van der Waals surface area contributed by atoms with Crippen LogP contribution in [0, 0.1) is 5.82 Å². The van der Waals surface area contributed by atoms with Crippen LogP contribution in [-0.2, 0) is 17.9 Å². The summed E-state index contributed by atoms with van der Waals surface area (Å²) in [6, 6.07) is 8.21. The minimum Gasteiger partial charge on any atom is -0.329 e. The number of benzene rings is 1. The molecule has 1 aliphatic rings. The molecule has 1 aromatic carbocycles. The lowest BCUT2D eigenvalue weighted by molar-refractivity contribution is -0.129. The SMILES string of the molecule is C=CC(=O)N1Cc2c(-c3ccncc3)c(-c3ccc(Cl)cc3F)nn2CC1C. The van der Waals surface area contributed by atoms with Crippen LogP contribution in [0.1, 0.15) is 12.6 Å². The third-order valence-electron chi connectivity index (χ3n) is 4.96. The van der Waals surface area contributed by atoms with Gasteiger partial charge in [0.25, 0.3) is 0 Å². The van der Waals surface area contributed by atoms with Crippen LogP contribution < -0.4 is 0 Å². The lowest BCUT2D eigenvalue weighted by Crippen LogP contribution is -2.44. The maximum Gasteiger partial charge on any atom is 0.246 e. The zero-order valence-electron chi connectivity index (χ0n) is 15.3. The van der Waals surface area contributed by atoms with Crippen molar-refractivity contribution in [2.24, 2.45) is 0 Å². The van der Waals surface area contributed by atoms with E-state index in [0.717, 1.165) is 16.8 Å². The van der Waals surface area contributed by atoms with Crippen LogP contribution in [0.4, 0.5) is 4.39 Å². The highest BCUT2D eigenvalue weighted by Crippen LogP contribution is 2.38. The average Bonchev–Trinajstić information content (AvgIpc) is 3.05. The molecule has 4 rings (SSSR count). The number of hydrogen-bond donors (Lipinski definition) is 0. The summed E-state index contributed by atoms with van der Waals surface area (Å²) in [6.45, 7) is 6.44. The molecule has 0 radical (unpaired) electrons. The molecule has 2 aromatic heterocycles. The molecule has 5 nitrogen and oxygen atoms in total. The van der Waals surface area contributed by atoms with Crippen molar-refractivity contribution in [1.82, 2.24) is 19.7 Å². The van der Waals surface area contributed by atoms with E-state index < -0.39 is 5.82 Å². The van der Waals surface area contributed by atoms with Crippen molar-refractivity contribution >= 4 is 17.5 Å². The molecule has 0 saturated carbocycles. The summed E-state index contributed by atoms with van der Waals surface area (Å²) in [5.41, 5.74) is 3.39. The van der Waals surface area contributed by atoms with Gasteiger partial charge in [0.05, 0.1) is 18.8 Å². The van der Waals surface area contributed by atoms with Gasteiger partial charge in [0.15, 0.2) is 0 Å². The summed E-state index contributed by atoms with van der Waals surface area (Å²) < 4.78 is 16.6. The highest BCUT2D eigenvalue weighted by Gasteiger charge is 2.31. The summed E-state index contributed by atoms with van der Waals surface area (Å²) >= 11 is 5.92. The molecule has 1 unspecified atom stereocenters. The van der Waals surface area contributed by atoms with E-state index in [1.54, 1.807) is 29.4 Å². The highest BCUT2D eigenvalue weighted by atomic mass is 35.5. The number of fused-ring (bicyclic) bond motifs is 1. The Morgan fingerprint density at radius 3 is 2.75 bits per heavy atom. The molecular weight excluding hydrogens is 379 g/mol. The molecule has 0 saturated heterocycles. The first kappa shape index (κ1) is 18.4. The van der Waals surface area contributed by atoms with E-state index in [-0.39, 0.29) is 11.9 Å². The van der Waals surface area contributed by atoms with Crippen LogP contribution in [0.15, 0.2) is 55.4 Å². The standard InChI is InChI=1S/C21H18ClFN4O/c1-3-19(28)26-12-18-20(14-6-8-24-9-7-14)21(25-27(18)11-13(26)2)16-5-4-15(22)10-17(16)23/h3-10,13H,1,11-12H2,2H3. The maximum absolute atomic E-state index is 14.7. The predicted octanol–water partition coefficient (Wildman–Crippen LogP) is 4.32. The van der Waals surface area contributed by atoms with E-state index >= 15 is 0 Å². The average molecular weight is 397 g/mol. The van der Waals surface area contributed by atoms with Crippen LogP contribution >= 0.6 is 11.6 Å². The predicted molar refractivity (Wildman–Crippen MR) is 106 cm³/mol. The fourth-order valence-electron chi connectivity index (χ4n) is 3.58. The summed E-state index contributed by atoms with van der Waals surface area (Å²) in [7, 11) is 0. The topological polar surface area (TPSA) is 51.0 Å². The molecule has 7 heteroatoms. The van der Waals surface area contributed by atoms with Crippen molar-refractivity contribution in [3.05, 3.63) is 71.9 Å².